The molecular formula is C26H28F3N3O. The molecule has 0 saturated carbocycles. The monoisotopic (exact) mass is 455 g/mol. The van der Waals surface area contributed by atoms with Crippen LogP contribution >= 0.6 is 0 Å². The van der Waals surface area contributed by atoms with E-state index in [1.54, 1.807) is 18.2 Å². The molecule has 1 saturated heterocycles. The molecule has 1 aromatic heterocycles. The highest BCUT2D eigenvalue weighted by Crippen LogP contribution is 2.33. The molecule has 1 N–H and O–H groups in total. The zero-order valence-electron chi connectivity index (χ0n) is 18.7. The smallest absolute Gasteiger partial charge is 0.355 e. The molecule has 0 spiro atoms. The van der Waals surface area contributed by atoms with Crippen molar-refractivity contribution in [3.05, 3.63) is 65.9 Å². The van der Waals surface area contributed by atoms with Gasteiger partial charge in [0.05, 0.1) is 11.1 Å². The summed E-state index contributed by atoms with van der Waals surface area (Å²) in [7, 11) is 0. The van der Waals surface area contributed by atoms with Gasteiger partial charge in [-0.3, -0.25) is 9.78 Å². The first-order chi connectivity index (χ1) is 15.9. The van der Waals surface area contributed by atoms with Crippen LogP contribution in [0, 0.1) is 0 Å². The van der Waals surface area contributed by atoms with E-state index >= 15 is 0 Å². The van der Waals surface area contributed by atoms with Gasteiger partial charge in [-0.1, -0.05) is 25.8 Å². The Hall–Kier alpha value is -3.09. The average Bonchev–Trinajstić information content (AvgIpc) is 2.82. The quantitative estimate of drug-likeness (QED) is 0.428. The Morgan fingerprint density at radius 2 is 1.91 bits per heavy atom. The van der Waals surface area contributed by atoms with Crippen LogP contribution in [0.2, 0.25) is 0 Å². The van der Waals surface area contributed by atoms with E-state index in [0.29, 0.717) is 22.7 Å². The van der Waals surface area contributed by atoms with Crippen LogP contribution in [0.15, 0.2) is 54.7 Å². The number of alkyl halides is 3. The first kappa shape index (κ1) is 23.1. The number of piperidine rings is 1. The largest absolute Gasteiger partial charge is 0.416 e. The standard InChI is InChI=1S/C26H28F3N3O/c1-2-3-6-21-7-4-5-16-32(21)25(33)18-8-11-20(12-9-18)31-23-14-15-30-24-17-19(26(27,28)29)10-13-22(23)24/h8-15,17,21H,2-7,16H2,1H3,(H,30,31). The molecule has 2 heterocycles. The number of benzene rings is 2. The molecule has 0 radical (unpaired) electrons. The van der Waals surface area contributed by atoms with Gasteiger partial charge in [-0.15, -0.1) is 0 Å². The first-order valence-electron chi connectivity index (χ1n) is 11.5. The first-order valence-corrected chi connectivity index (χ1v) is 11.5. The summed E-state index contributed by atoms with van der Waals surface area (Å²) in [6.45, 7) is 2.97. The molecule has 4 rings (SSSR count). The molecule has 1 unspecified atom stereocenters. The van der Waals surface area contributed by atoms with Crippen LogP contribution in [0.25, 0.3) is 10.9 Å². The fraction of sp³-hybridized carbons (Fsp3) is 0.385. The van der Waals surface area contributed by atoms with Crippen LogP contribution in [0.4, 0.5) is 24.5 Å². The predicted molar refractivity (Wildman–Crippen MR) is 125 cm³/mol. The highest BCUT2D eigenvalue weighted by molar-refractivity contribution is 5.96. The Bertz CT molecular complexity index is 1110. The lowest BCUT2D eigenvalue weighted by Gasteiger charge is -2.36. The van der Waals surface area contributed by atoms with Crippen LogP contribution in [0.1, 0.15) is 61.4 Å². The summed E-state index contributed by atoms with van der Waals surface area (Å²) in [6.07, 6.45) is 3.65. The zero-order valence-corrected chi connectivity index (χ0v) is 18.7. The normalized spacial score (nSPS) is 16.7. The molecule has 1 fully saturated rings. The van der Waals surface area contributed by atoms with Crippen molar-refractivity contribution in [2.24, 2.45) is 0 Å². The topological polar surface area (TPSA) is 45.2 Å². The number of carbonyl (C=O) groups excluding carboxylic acids is 1. The van der Waals surface area contributed by atoms with Crippen LogP contribution in [-0.2, 0) is 6.18 Å². The molecule has 174 valence electrons. The van der Waals surface area contributed by atoms with Gasteiger partial charge in [0.15, 0.2) is 0 Å². The Kier molecular flexibility index (Phi) is 6.86. The number of pyridine rings is 1. The molecular weight excluding hydrogens is 427 g/mol. The Labute approximate surface area is 191 Å². The maximum atomic E-state index is 13.1. The van der Waals surface area contributed by atoms with Gasteiger partial charge in [0.2, 0.25) is 0 Å². The summed E-state index contributed by atoms with van der Waals surface area (Å²) in [6, 6.07) is 12.8. The van der Waals surface area contributed by atoms with Crippen LogP contribution < -0.4 is 5.32 Å². The Morgan fingerprint density at radius 3 is 2.64 bits per heavy atom. The van der Waals surface area contributed by atoms with Crippen molar-refractivity contribution in [1.29, 1.82) is 0 Å². The van der Waals surface area contributed by atoms with Crippen molar-refractivity contribution >= 4 is 28.2 Å². The van der Waals surface area contributed by atoms with E-state index in [9.17, 15) is 18.0 Å². The van der Waals surface area contributed by atoms with Crippen molar-refractivity contribution < 1.29 is 18.0 Å². The number of carbonyl (C=O) groups is 1. The SMILES string of the molecule is CCCCC1CCCCN1C(=O)c1ccc(Nc2ccnc3cc(C(F)(F)F)ccc23)cc1. The number of likely N-dealkylation sites (tertiary alicyclic amines) is 1. The maximum absolute atomic E-state index is 13.1. The number of unbranched alkanes of at least 4 members (excludes halogenated alkanes) is 1. The lowest BCUT2D eigenvalue weighted by Crippen LogP contribution is -2.43. The molecule has 0 aliphatic carbocycles. The van der Waals surface area contributed by atoms with E-state index in [4.69, 9.17) is 0 Å². The van der Waals surface area contributed by atoms with Gasteiger partial charge in [-0.25, -0.2) is 0 Å². The number of hydrogen-bond donors (Lipinski definition) is 1. The highest BCUT2D eigenvalue weighted by atomic mass is 19.4. The second-order valence-electron chi connectivity index (χ2n) is 8.58. The third kappa shape index (κ3) is 5.29. The zero-order chi connectivity index (χ0) is 23.4. The average molecular weight is 456 g/mol. The van der Waals surface area contributed by atoms with Gasteiger partial charge in [-0.05, 0) is 68.1 Å². The fourth-order valence-electron chi connectivity index (χ4n) is 4.46. The van der Waals surface area contributed by atoms with E-state index < -0.39 is 11.7 Å². The molecule has 7 heteroatoms. The highest BCUT2D eigenvalue weighted by Gasteiger charge is 2.31. The molecule has 3 aromatic rings. The summed E-state index contributed by atoms with van der Waals surface area (Å²) >= 11 is 0. The second kappa shape index (κ2) is 9.81. The number of nitrogens with one attached hydrogen (secondary N) is 1. The second-order valence-corrected chi connectivity index (χ2v) is 8.58. The lowest BCUT2D eigenvalue weighted by molar-refractivity contribution is -0.137. The summed E-state index contributed by atoms with van der Waals surface area (Å²) in [5, 5.41) is 3.84. The number of hydrogen-bond acceptors (Lipinski definition) is 3. The van der Waals surface area contributed by atoms with Gasteiger partial charge < -0.3 is 10.2 Å². The fourth-order valence-corrected chi connectivity index (χ4v) is 4.46. The van der Waals surface area contributed by atoms with Crippen LogP contribution in [0.3, 0.4) is 0 Å². The van der Waals surface area contributed by atoms with Gasteiger partial charge in [0.25, 0.3) is 5.91 Å². The van der Waals surface area contributed by atoms with Crippen molar-refractivity contribution in [1.82, 2.24) is 9.88 Å². The van der Waals surface area contributed by atoms with Crippen molar-refractivity contribution in [3.8, 4) is 0 Å². The molecule has 4 nitrogen and oxygen atoms in total. The summed E-state index contributed by atoms with van der Waals surface area (Å²) in [5.74, 6) is 0.0661. The molecule has 1 aliphatic rings. The minimum absolute atomic E-state index is 0.0661. The number of fused-ring (bicyclic) bond motifs is 1. The van der Waals surface area contributed by atoms with Crippen molar-refractivity contribution in [2.75, 3.05) is 11.9 Å². The number of anilines is 2. The summed E-state index contributed by atoms with van der Waals surface area (Å²) < 4.78 is 39.0. The van der Waals surface area contributed by atoms with E-state index in [2.05, 4.69) is 17.2 Å². The summed E-state index contributed by atoms with van der Waals surface area (Å²) in [4.78, 5) is 19.2. The van der Waals surface area contributed by atoms with E-state index in [1.807, 2.05) is 17.0 Å². The van der Waals surface area contributed by atoms with E-state index in [0.717, 1.165) is 56.5 Å². The van der Waals surface area contributed by atoms with Gasteiger partial charge in [-0.2, -0.15) is 13.2 Å². The van der Waals surface area contributed by atoms with E-state index in [1.165, 1.54) is 18.7 Å². The minimum Gasteiger partial charge on any atom is -0.355 e. The minimum atomic E-state index is -4.41. The molecule has 0 bridgehead atoms. The Balaban J connectivity index is 1.51. The van der Waals surface area contributed by atoms with E-state index in [-0.39, 0.29) is 11.4 Å². The van der Waals surface area contributed by atoms with Crippen LogP contribution in [-0.4, -0.2) is 28.4 Å². The number of amides is 1. The van der Waals surface area contributed by atoms with Gasteiger partial charge >= 0.3 is 6.18 Å². The van der Waals surface area contributed by atoms with Gasteiger partial charge in [0.1, 0.15) is 0 Å². The number of aromatic nitrogens is 1. The molecule has 2 aromatic carbocycles. The van der Waals surface area contributed by atoms with Crippen molar-refractivity contribution in [2.45, 2.75) is 57.7 Å². The third-order valence-electron chi connectivity index (χ3n) is 6.26. The van der Waals surface area contributed by atoms with Gasteiger partial charge in [0, 0.05) is 41.1 Å². The predicted octanol–water partition coefficient (Wildman–Crippen LogP) is 7.18. The molecule has 1 amide bonds. The van der Waals surface area contributed by atoms with Crippen LogP contribution in [0.5, 0.6) is 0 Å². The molecule has 33 heavy (non-hydrogen) atoms. The number of rotatable bonds is 6. The lowest BCUT2D eigenvalue weighted by atomic mass is 9.96. The van der Waals surface area contributed by atoms with Crippen molar-refractivity contribution in [3.63, 3.8) is 0 Å². The third-order valence-corrected chi connectivity index (χ3v) is 6.26. The Morgan fingerprint density at radius 1 is 1.12 bits per heavy atom. The maximum Gasteiger partial charge on any atom is 0.416 e. The number of halogens is 3. The molecule has 1 aliphatic heterocycles. The summed E-state index contributed by atoms with van der Waals surface area (Å²) in [5.41, 5.74) is 1.60. The number of nitrogens with zero attached hydrogens (tertiary/aromatic N) is 2. The molecule has 1 atom stereocenters.